The molecule has 0 aromatic rings. The Morgan fingerprint density at radius 2 is 2.00 bits per heavy atom. The van der Waals surface area contributed by atoms with Gasteiger partial charge in [0.1, 0.15) is 0 Å². The monoisotopic (exact) mass is 225 g/mol. The van der Waals surface area contributed by atoms with Crippen molar-refractivity contribution in [2.24, 2.45) is 23.5 Å². The Labute approximate surface area is 99.9 Å². The van der Waals surface area contributed by atoms with Gasteiger partial charge in [-0.05, 0) is 37.0 Å². The van der Waals surface area contributed by atoms with E-state index < -0.39 is 0 Å². The lowest BCUT2D eigenvalue weighted by Gasteiger charge is -2.39. The van der Waals surface area contributed by atoms with E-state index in [0.717, 1.165) is 25.0 Å². The lowest BCUT2D eigenvalue weighted by Crippen LogP contribution is -2.45. The van der Waals surface area contributed by atoms with Crippen LogP contribution in [-0.2, 0) is 4.74 Å². The minimum absolute atomic E-state index is 0.394. The molecular formula is C14H27NO. The van der Waals surface area contributed by atoms with E-state index in [-0.39, 0.29) is 0 Å². The summed E-state index contributed by atoms with van der Waals surface area (Å²) >= 11 is 0. The molecule has 4 atom stereocenters. The van der Waals surface area contributed by atoms with Gasteiger partial charge in [0.15, 0.2) is 0 Å². The highest BCUT2D eigenvalue weighted by Crippen LogP contribution is 2.37. The molecule has 1 saturated carbocycles. The van der Waals surface area contributed by atoms with Crippen molar-refractivity contribution in [3.8, 4) is 0 Å². The van der Waals surface area contributed by atoms with Gasteiger partial charge in [0, 0.05) is 12.6 Å². The molecule has 1 saturated heterocycles. The Hall–Kier alpha value is -0.0800. The van der Waals surface area contributed by atoms with Gasteiger partial charge in [-0.3, -0.25) is 0 Å². The summed E-state index contributed by atoms with van der Waals surface area (Å²) in [6, 6.07) is 0.394. The van der Waals surface area contributed by atoms with E-state index in [4.69, 9.17) is 10.5 Å². The molecule has 0 aromatic carbocycles. The maximum absolute atomic E-state index is 6.51. The van der Waals surface area contributed by atoms with Crippen molar-refractivity contribution in [3.63, 3.8) is 0 Å². The number of nitrogens with two attached hydrogens (primary N) is 1. The second-order valence-electron chi connectivity index (χ2n) is 5.67. The summed E-state index contributed by atoms with van der Waals surface area (Å²) in [5.74, 6) is 2.28. The first-order chi connectivity index (χ1) is 7.83. The summed E-state index contributed by atoms with van der Waals surface area (Å²) < 4.78 is 5.58. The van der Waals surface area contributed by atoms with Crippen molar-refractivity contribution in [1.82, 2.24) is 0 Å². The van der Waals surface area contributed by atoms with Crippen LogP contribution in [0.4, 0.5) is 0 Å². The lowest BCUT2D eigenvalue weighted by molar-refractivity contribution is 0.0244. The second kappa shape index (κ2) is 6.02. The summed E-state index contributed by atoms with van der Waals surface area (Å²) in [6.45, 7) is 4.19. The van der Waals surface area contributed by atoms with Gasteiger partial charge in [0.25, 0.3) is 0 Å². The van der Waals surface area contributed by atoms with Gasteiger partial charge in [-0.25, -0.2) is 0 Å². The maximum Gasteiger partial charge on any atom is 0.0509 e. The number of ether oxygens (including phenoxy) is 1. The van der Waals surface area contributed by atoms with Crippen LogP contribution in [-0.4, -0.2) is 19.3 Å². The van der Waals surface area contributed by atoms with Crippen LogP contribution in [0.15, 0.2) is 0 Å². The number of rotatable bonds is 3. The fraction of sp³-hybridized carbons (Fsp3) is 1.00. The van der Waals surface area contributed by atoms with Crippen LogP contribution in [0.3, 0.4) is 0 Å². The summed E-state index contributed by atoms with van der Waals surface area (Å²) in [6.07, 6.45) is 9.38. The minimum atomic E-state index is 0.394. The van der Waals surface area contributed by atoms with Crippen molar-refractivity contribution in [3.05, 3.63) is 0 Å². The van der Waals surface area contributed by atoms with Crippen LogP contribution in [0.25, 0.3) is 0 Å². The molecule has 1 aliphatic carbocycles. The molecule has 2 nitrogen and oxygen atoms in total. The zero-order valence-electron chi connectivity index (χ0n) is 10.7. The van der Waals surface area contributed by atoms with Gasteiger partial charge in [-0.2, -0.15) is 0 Å². The van der Waals surface area contributed by atoms with Crippen molar-refractivity contribution >= 4 is 0 Å². The van der Waals surface area contributed by atoms with Crippen molar-refractivity contribution in [1.29, 1.82) is 0 Å². The van der Waals surface area contributed by atoms with E-state index in [1.165, 1.54) is 44.9 Å². The fourth-order valence-corrected chi connectivity index (χ4v) is 3.67. The van der Waals surface area contributed by atoms with Crippen LogP contribution in [0.1, 0.15) is 51.9 Å². The molecule has 1 heterocycles. The van der Waals surface area contributed by atoms with E-state index >= 15 is 0 Å². The Balaban J connectivity index is 1.92. The zero-order chi connectivity index (χ0) is 11.4. The number of hydrogen-bond donors (Lipinski definition) is 1. The van der Waals surface area contributed by atoms with Gasteiger partial charge in [-0.1, -0.05) is 32.6 Å². The Morgan fingerprint density at radius 1 is 1.19 bits per heavy atom. The topological polar surface area (TPSA) is 35.2 Å². The SMILES string of the molecule is CCC1CCCCC1C(N)C1CCCOC1. The quantitative estimate of drug-likeness (QED) is 0.801. The molecule has 0 amide bonds. The fourth-order valence-electron chi connectivity index (χ4n) is 3.67. The molecule has 16 heavy (non-hydrogen) atoms. The highest BCUT2D eigenvalue weighted by molar-refractivity contribution is 4.87. The predicted molar refractivity (Wildman–Crippen MR) is 67.3 cm³/mol. The van der Waals surface area contributed by atoms with Gasteiger partial charge >= 0.3 is 0 Å². The Kier molecular flexibility index (Phi) is 4.66. The van der Waals surface area contributed by atoms with Crippen LogP contribution < -0.4 is 5.73 Å². The van der Waals surface area contributed by atoms with Gasteiger partial charge in [0.05, 0.1) is 6.61 Å². The molecule has 0 radical (unpaired) electrons. The predicted octanol–water partition coefficient (Wildman–Crippen LogP) is 2.96. The standard InChI is InChI=1S/C14H27NO/c1-2-11-6-3-4-8-13(11)14(15)12-7-5-9-16-10-12/h11-14H,2-10,15H2,1H3. The van der Waals surface area contributed by atoms with Crippen LogP contribution in [0.5, 0.6) is 0 Å². The first-order valence-corrected chi connectivity index (χ1v) is 7.16. The van der Waals surface area contributed by atoms with Crippen LogP contribution in [0, 0.1) is 17.8 Å². The van der Waals surface area contributed by atoms with Gasteiger partial charge < -0.3 is 10.5 Å². The Morgan fingerprint density at radius 3 is 2.69 bits per heavy atom. The van der Waals surface area contributed by atoms with Crippen molar-refractivity contribution in [2.45, 2.75) is 57.9 Å². The molecule has 2 rings (SSSR count). The summed E-state index contributed by atoms with van der Waals surface area (Å²) in [5, 5.41) is 0. The van der Waals surface area contributed by atoms with Crippen LogP contribution in [0.2, 0.25) is 0 Å². The molecule has 0 spiro atoms. The first kappa shape index (κ1) is 12.4. The molecule has 0 bridgehead atoms. The first-order valence-electron chi connectivity index (χ1n) is 7.16. The zero-order valence-corrected chi connectivity index (χ0v) is 10.7. The van der Waals surface area contributed by atoms with E-state index in [9.17, 15) is 0 Å². The molecule has 2 heteroatoms. The molecule has 94 valence electrons. The average molecular weight is 225 g/mol. The largest absolute Gasteiger partial charge is 0.381 e. The number of hydrogen-bond acceptors (Lipinski definition) is 2. The van der Waals surface area contributed by atoms with Gasteiger partial charge in [0.2, 0.25) is 0 Å². The molecule has 1 aliphatic heterocycles. The van der Waals surface area contributed by atoms with Crippen LogP contribution >= 0.6 is 0 Å². The van der Waals surface area contributed by atoms with E-state index in [2.05, 4.69) is 6.92 Å². The third kappa shape index (κ3) is 2.78. The third-order valence-corrected chi connectivity index (χ3v) is 4.73. The highest BCUT2D eigenvalue weighted by Gasteiger charge is 2.33. The molecule has 0 aromatic heterocycles. The summed E-state index contributed by atoms with van der Waals surface area (Å²) in [7, 11) is 0. The van der Waals surface area contributed by atoms with Gasteiger partial charge in [-0.15, -0.1) is 0 Å². The average Bonchev–Trinajstić information content (AvgIpc) is 2.39. The van der Waals surface area contributed by atoms with E-state index in [0.29, 0.717) is 12.0 Å². The maximum atomic E-state index is 6.51. The third-order valence-electron chi connectivity index (χ3n) is 4.73. The normalized spacial score (nSPS) is 38.2. The lowest BCUT2D eigenvalue weighted by atomic mass is 9.70. The summed E-state index contributed by atoms with van der Waals surface area (Å²) in [4.78, 5) is 0. The molecule has 4 unspecified atom stereocenters. The molecule has 2 N–H and O–H groups in total. The highest BCUT2D eigenvalue weighted by atomic mass is 16.5. The smallest absolute Gasteiger partial charge is 0.0509 e. The molecule has 2 fully saturated rings. The van der Waals surface area contributed by atoms with E-state index in [1.807, 2.05) is 0 Å². The van der Waals surface area contributed by atoms with E-state index in [1.54, 1.807) is 0 Å². The Bertz CT molecular complexity index is 201. The minimum Gasteiger partial charge on any atom is -0.381 e. The molecular weight excluding hydrogens is 198 g/mol. The molecule has 2 aliphatic rings. The second-order valence-corrected chi connectivity index (χ2v) is 5.67. The van der Waals surface area contributed by atoms with Crippen molar-refractivity contribution < 1.29 is 4.74 Å². The van der Waals surface area contributed by atoms with Crippen molar-refractivity contribution in [2.75, 3.05) is 13.2 Å². The summed E-state index contributed by atoms with van der Waals surface area (Å²) in [5.41, 5.74) is 6.51.